The molecule has 0 spiro atoms. The Labute approximate surface area is 114 Å². The molecule has 1 fully saturated rings. The molecule has 0 bridgehead atoms. The molecule has 0 atom stereocenters. The second-order valence-corrected chi connectivity index (χ2v) is 4.57. The Morgan fingerprint density at radius 3 is 2.53 bits per heavy atom. The molecule has 4 nitrogen and oxygen atoms in total. The molecule has 0 radical (unpaired) electrons. The van der Waals surface area contributed by atoms with Gasteiger partial charge in [-0.05, 0) is 5.56 Å². The predicted molar refractivity (Wildman–Crippen MR) is 75.9 cm³/mol. The standard InChI is InChI=1S/C15H20N2O2/c1-19-15(18)17-12-10-16(11-13-17)9-5-8-14-6-3-2-4-7-14/h2-8H,9-13H2,1H3. The van der Waals surface area contributed by atoms with E-state index in [0.717, 1.165) is 32.7 Å². The molecule has 0 unspecified atom stereocenters. The van der Waals surface area contributed by atoms with Crippen molar-refractivity contribution in [3.05, 3.63) is 42.0 Å². The van der Waals surface area contributed by atoms with Crippen LogP contribution in [0.4, 0.5) is 4.79 Å². The maximum atomic E-state index is 11.3. The van der Waals surface area contributed by atoms with Crippen LogP contribution in [0.15, 0.2) is 36.4 Å². The van der Waals surface area contributed by atoms with E-state index in [0.29, 0.717) is 0 Å². The van der Waals surface area contributed by atoms with E-state index in [-0.39, 0.29) is 6.09 Å². The number of benzene rings is 1. The van der Waals surface area contributed by atoms with Gasteiger partial charge in [-0.25, -0.2) is 4.79 Å². The summed E-state index contributed by atoms with van der Waals surface area (Å²) in [5.74, 6) is 0. The molecule has 19 heavy (non-hydrogen) atoms. The van der Waals surface area contributed by atoms with E-state index in [1.54, 1.807) is 4.90 Å². The third-order valence-electron chi connectivity index (χ3n) is 3.28. The summed E-state index contributed by atoms with van der Waals surface area (Å²) in [5, 5.41) is 0. The molecule has 0 N–H and O–H groups in total. The van der Waals surface area contributed by atoms with Gasteiger partial charge in [-0.1, -0.05) is 42.5 Å². The lowest BCUT2D eigenvalue weighted by Gasteiger charge is -2.33. The fourth-order valence-electron chi connectivity index (χ4n) is 2.14. The topological polar surface area (TPSA) is 32.8 Å². The number of rotatable bonds is 3. The highest BCUT2D eigenvalue weighted by Gasteiger charge is 2.20. The summed E-state index contributed by atoms with van der Waals surface area (Å²) in [6.45, 7) is 4.20. The molecule has 2 rings (SSSR count). The summed E-state index contributed by atoms with van der Waals surface area (Å²) in [7, 11) is 1.43. The van der Waals surface area contributed by atoms with Crippen molar-refractivity contribution in [1.29, 1.82) is 0 Å². The van der Waals surface area contributed by atoms with Gasteiger partial charge in [0.2, 0.25) is 0 Å². The van der Waals surface area contributed by atoms with Gasteiger partial charge in [-0.3, -0.25) is 4.90 Å². The minimum Gasteiger partial charge on any atom is -0.453 e. The van der Waals surface area contributed by atoms with E-state index in [9.17, 15) is 4.79 Å². The van der Waals surface area contributed by atoms with Crippen molar-refractivity contribution in [2.45, 2.75) is 0 Å². The zero-order chi connectivity index (χ0) is 13.5. The summed E-state index contributed by atoms with van der Waals surface area (Å²) in [4.78, 5) is 15.4. The highest BCUT2D eigenvalue weighted by molar-refractivity contribution is 5.67. The molecule has 0 aliphatic carbocycles. The van der Waals surface area contributed by atoms with Crippen LogP contribution in [0.1, 0.15) is 5.56 Å². The van der Waals surface area contributed by atoms with Crippen LogP contribution in [-0.2, 0) is 4.74 Å². The summed E-state index contributed by atoms with van der Waals surface area (Å²) in [6.07, 6.45) is 4.08. The van der Waals surface area contributed by atoms with Gasteiger partial charge in [0.1, 0.15) is 0 Å². The molecular weight excluding hydrogens is 240 g/mol. The number of amides is 1. The van der Waals surface area contributed by atoms with Crippen molar-refractivity contribution in [3.8, 4) is 0 Å². The lowest BCUT2D eigenvalue weighted by molar-refractivity contribution is 0.0946. The van der Waals surface area contributed by atoms with Crippen molar-refractivity contribution in [1.82, 2.24) is 9.80 Å². The van der Waals surface area contributed by atoms with Gasteiger partial charge < -0.3 is 9.64 Å². The minimum atomic E-state index is -0.223. The molecule has 102 valence electrons. The fraction of sp³-hybridized carbons (Fsp3) is 0.400. The van der Waals surface area contributed by atoms with Crippen molar-refractivity contribution in [3.63, 3.8) is 0 Å². The lowest BCUT2D eigenvalue weighted by atomic mass is 10.2. The summed E-state index contributed by atoms with van der Waals surface area (Å²) in [6, 6.07) is 10.3. The van der Waals surface area contributed by atoms with Crippen molar-refractivity contribution in [2.75, 3.05) is 39.8 Å². The number of methoxy groups -OCH3 is 1. The molecular formula is C15H20N2O2. The van der Waals surface area contributed by atoms with Crippen molar-refractivity contribution in [2.24, 2.45) is 0 Å². The summed E-state index contributed by atoms with van der Waals surface area (Å²) in [5.41, 5.74) is 1.22. The third kappa shape index (κ3) is 4.10. The molecule has 1 saturated heterocycles. The van der Waals surface area contributed by atoms with Crippen LogP contribution in [-0.4, -0.2) is 55.7 Å². The Bertz CT molecular complexity index is 423. The van der Waals surface area contributed by atoms with Gasteiger partial charge in [-0.2, -0.15) is 0 Å². The first-order chi connectivity index (χ1) is 9.29. The number of ether oxygens (including phenoxy) is 1. The number of carbonyl (C=O) groups is 1. The number of nitrogens with zero attached hydrogens (tertiary/aromatic N) is 2. The Kier molecular flexibility index (Phi) is 4.98. The Morgan fingerprint density at radius 1 is 1.21 bits per heavy atom. The minimum absolute atomic E-state index is 0.223. The quantitative estimate of drug-likeness (QED) is 0.834. The van der Waals surface area contributed by atoms with Crippen LogP contribution in [0.2, 0.25) is 0 Å². The Hall–Kier alpha value is -1.81. The van der Waals surface area contributed by atoms with Gasteiger partial charge in [-0.15, -0.1) is 0 Å². The van der Waals surface area contributed by atoms with Gasteiger partial charge in [0.05, 0.1) is 7.11 Å². The molecule has 1 aromatic carbocycles. The Balaban J connectivity index is 1.74. The maximum absolute atomic E-state index is 11.3. The number of carbonyl (C=O) groups excluding carboxylic acids is 1. The molecule has 0 aromatic heterocycles. The van der Waals surface area contributed by atoms with E-state index < -0.39 is 0 Å². The number of hydrogen-bond acceptors (Lipinski definition) is 3. The Morgan fingerprint density at radius 2 is 1.89 bits per heavy atom. The average Bonchev–Trinajstić information content (AvgIpc) is 2.48. The number of hydrogen-bond donors (Lipinski definition) is 0. The third-order valence-corrected chi connectivity index (χ3v) is 3.28. The zero-order valence-corrected chi connectivity index (χ0v) is 11.3. The van der Waals surface area contributed by atoms with Crippen LogP contribution in [0.3, 0.4) is 0 Å². The second kappa shape index (κ2) is 6.95. The first-order valence-electron chi connectivity index (χ1n) is 6.56. The van der Waals surface area contributed by atoms with Crippen LogP contribution >= 0.6 is 0 Å². The zero-order valence-electron chi connectivity index (χ0n) is 11.3. The maximum Gasteiger partial charge on any atom is 0.409 e. The van der Waals surface area contributed by atoms with Crippen molar-refractivity contribution < 1.29 is 9.53 Å². The highest BCUT2D eigenvalue weighted by Crippen LogP contribution is 2.05. The second-order valence-electron chi connectivity index (χ2n) is 4.57. The van der Waals surface area contributed by atoms with Crippen LogP contribution in [0.25, 0.3) is 6.08 Å². The van der Waals surface area contributed by atoms with Gasteiger partial charge >= 0.3 is 6.09 Å². The lowest BCUT2D eigenvalue weighted by Crippen LogP contribution is -2.48. The van der Waals surface area contributed by atoms with Crippen LogP contribution < -0.4 is 0 Å². The average molecular weight is 260 g/mol. The molecule has 1 heterocycles. The van der Waals surface area contributed by atoms with Crippen LogP contribution in [0, 0.1) is 0 Å². The molecule has 1 aliphatic heterocycles. The molecule has 1 aromatic rings. The fourth-order valence-corrected chi connectivity index (χ4v) is 2.14. The largest absolute Gasteiger partial charge is 0.453 e. The van der Waals surface area contributed by atoms with E-state index in [2.05, 4.69) is 29.2 Å². The van der Waals surface area contributed by atoms with Gasteiger partial charge in [0.15, 0.2) is 0 Å². The smallest absolute Gasteiger partial charge is 0.409 e. The highest BCUT2D eigenvalue weighted by atomic mass is 16.5. The van der Waals surface area contributed by atoms with E-state index in [4.69, 9.17) is 4.74 Å². The van der Waals surface area contributed by atoms with E-state index in [1.807, 2.05) is 18.2 Å². The normalized spacial score (nSPS) is 16.8. The molecule has 4 heteroatoms. The molecule has 0 saturated carbocycles. The first kappa shape index (κ1) is 13.6. The van der Waals surface area contributed by atoms with Crippen LogP contribution in [0.5, 0.6) is 0 Å². The SMILES string of the molecule is COC(=O)N1CCN(CC=Cc2ccccc2)CC1. The molecule has 1 amide bonds. The summed E-state index contributed by atoms with van der Waals surface area (Å²) < 4.78 is 4.72. The van der Waals surface area contributed by atoms with E-state index >= 15 is 0 Å². The van der Waals surface area contributed by atoms with Gasteiger partial charge in [0, 0.05) is 32.7 Å². The van der Waals surface area contributed by atoms with Crippen molar-refractivity contribution >= 4 is 12.2 Å². The summed E-state index contributed by atoms with van der Waals surface area (Å²) >= 11 is 0. The van der Waals surface area contributed by atoms with E-state index in [1.165, 1.54) is 12.7 Å². The number of piperazine rings is 1. The monoisotopic (exact) mass is 260 g/mol. The first-order valence-corrected chi connectivity index (χ1v) is 6.56. The predicted octanol–water partition coefficient (Wildman–Crippen LogP) is 2.08. The molecule has 1 aliphatic rings. The van der Waals surface area contributed by atoms with Gasteiger partial charge in [0.25, 0.3) is 0 Å².